The van der Waals surface area contributed by atoms with Gasteiger partial charge < -0.3 is 28.3 Å². The molecule has 114 valence electrons. The van der Waals surface area contributed by atoms with E-state index in [-0.39, 0.29) is 18.3 Å². The van der Waals surface area contributed by atoms with Gasteiger partial charge in [0.15, 0.2) is 11.5 Å². The fourth-order valence-electron chi connectivity index (χ4n) is 2.18. The highest BCUT2D eigenvalue weighted by Crippen LogP contribution is 2.38. The first-order valence-corrected chi connectivity index (χ1v) is 9.05. The van der Waals surface area contributed by atoms with E-state index in [9.17, 15) is 9.46 Å². The molecule has 3 unspecified atom stereocenters. The van der Waals surface area contributed by atoms with Gasteiger partial charge in [0, 0.05) is 17.2 Å². The molecule has 0 radical (unpaired) electrons. The standard InChI is InChI=1S/C12H20NO5PS/c1-13(2,3)9(6-19(14,15)16)4-10-5-17-11-7-20-8-12(11)18-10/h7-10H,4-6H2,1-3H3,(H-,14,15,16). The lowest BCUT2D eigenvalue weighted by Gasteiger charge is -2.38. The van der Waals surface area contributed by atoms with Crippen molar-refractivity contribution in [1.29, 1.82) is 0 Å². The number of nitrogens with zero attached hydrogens (tertiary/aromatic N) is 1. The Kier molecular flexibility index (Phi) is 4.47. The second-order valence-corrected chi connectivity index (χ2v) is 8.36. The third-order valence-electron chi connectivity index (χ3n) is 3.38. The average Bonchev–Trinajstić information content (AvgIpc) is 2.72. The van der Waals surface area contributed by atoms with Crippen molar-refractivity contribution in [3.05, 3.63) is 10.8 Å². The minimum Gasteiger partial charge on any atom is -0.778 e. The molecule has 1 aromatic rings. The van der Waals surface area contributed by atoms with Crippen molar-refractivity contribution in [2.75, 3.05) is 33.9 Å². The van der Waals surface area contributed by atoms with Gasteiger partial charge in [0.2, 0.25) is 0 Å². The predicted octanol–water partition coefficient (Wildman–Crippen LogP) is 0.898. The molecule has 3 atom stereocenters. The van der Waals surface area contributed by atoms with E-state index in [1.807, 2.05) is 31.9 Å². The lowest BCUT2D eigenvalue weighted by molar-refractivity contribution is -0.894. The Morgan fingerprint density at radius 3 is 2.75 bits per heavy atom. The minimum atomic E-state index is -4.30. The summed E-state index contributed by atoms with van der Waals surface area (Å²) >= 11 is 1.50. The summed E-state index contributed by atoms with van der Waals surface area (Å²) in [6.45, 7) is 0.398. The van der Waals surface area contributed by atoms with Crippen molar-refractivity contribution < 1.29 is 28.3 Å². The summed E-state index contributed by atoms with van der Waals surface area (Å²) in [5, 5.41) is 3.75. The Labute approximate surface area is 122 Å². The second kappa shape index (κ2) is 5.66. The molecule has 1 aliphatic rings. The molecular formula is C12H20NO5PS. The van der Waals surface area contributed by atoms with Crippen molar-refractivity contribution in [3.63, 3.8) is 0 Å². The molecule has 1 aromatic heterocycles. The number of ether oxygens (including phenoxy) is 2. The van der Waals surface area contributed by atoms with Crippen LogP contribution in [0, 0.1) is 0 Å². The van der Waals surface area contributed by atoms with Crippen LogP contribution in [-0.2, 0) is 4.57 Å². The monoisotopic (exact) mass is 321 g/mol. The van der Waals surface area contributed by atoms with Crippen LogP contribution in [0.25, 0.3) is 0 Å². The zero-order valence-electron chi connectivity index (χ0n) is 11.8. The first-order valence-electron chi connectivity index (χ1n) is 6.35. The summed E-state index contributed by atoms with van der Waals surface area (Å²) in [5.74, 6) is 1.45. The van der Waals surface area contributed by atoms with Gasteiger partial charge in [-0.25, -0.2) is 0 Å². The van der Waals surface area contributed by atoms with Gasteiger partial charge >= 0.3 is 0 Å². The summed E-state index contributed by atoms with van der Waals surface area (Å²) in [6.07, 6.45) is 0.0457. The lowest BCUT2D eigenvalue weighted by atomic mass is 10.1. The fraction of sp³-hybridized carbons (Fsp3) is 0.667. The molecule has 0 saturated carbocycles. The van der Waals surface area contributed by atoms with Crippen molar-refractivity contribution in [1.82, 2.24) is 0 Å². The summed E-state index contributed by atoms with van der Waals surface area (Å²) in [6, 6.07) is -0.253. The van der Waals surface area contributed by atoms with Crippen LogP contribution < -0.4 is 14.4 Å². The lowest BCUT2D eigenvalue weighted by Crippen LogP contribution is -2.50. The van der Waals surface area contributed by atoms with Crippen LogP contribution in [0.3, 0.4) is 0 Å². The van der Waals surface area contributed by atoms with Crippen molar-refractivity contribution in [2.45, 2.75) is 18.6 Å². The van der Waals surface area contributed by atoms with E-state index < -0.39 is 7.60 Å². The van der Waals surface area contributed by atoms with E-state index in [2.05, 4.69) is 0 Å². The van der Waals surface area contributed by atoms with E-state index >= 15 is 0 Å². The second-order valence-electron chi connectivity index (χ2n) is 5.98. The van der Waals surface area contributed by atoms with Crippen molar-refractivity contribution >= 4 is 18.9 Å². The third-order valence-corrected chi connectivity index (χ3v) is 4.97. The highest BCUT2D eigenvalue weighted by molar-refractivity contribution is 7.50. The van der Waals surface area contributed by atoms with Crippen LogP contribution in [0.5, 0.6) is 11.5 Å². The molecule has 0 bridgehead atoms. The van der Waals surface area contributed by atoms with Gasteiger partial charge in [0.1, 0.15) is 26.3 Å². The molecular weight excluding hydrogens is 301 g/mol. The molecule has 0 aliphatic carbocycles. The molecule has 0 fully saturated rings. The predicted molar refractivity (Wildman–Crippen MR) is 75.4 cm³/mol. The Hall–Kier alpha value is -0.590. The number of thiophene rings is 1. The van der Waals surface area contributed by atoms with Gasteiger partial charge in [-0.05, 0) is 0 Å². The van der Waals surface area contributed by atoms with Gasteiger partial charge in [-0.2, -0.15) is 0 Å². The first-order chi connectivity index (χ1) is 9.15. The maximum Gasteiger partial charge on any atom is 0.172 e. The molecule has 0 aromatic carbocycles. The number of hydrogen-bond donors (Lipinski definition) is 1. The van der Waals surface area contributed by atoms with Crippen LogP contribution >= 0.6 is 18.9 Å². The topological polar surface area (TPSA) is 78.8 Å². The van der Waals surface area contributed by atoms with Gasteiger partial charge in [-0.3, -0.25) is 0 Å². The number of quaternary nitrogens is 1. The van der Waals surface area contributed by atoms with Gasteiger partial charge in [-0.15, -0.1) is 11.3 Å². The van der Waals surface area contributed by atoms with Gasteiger partial charge in [0.05, 0.1) is 27.3 Å². The van der Waals surface area contributed by atoms with Crippen LogP contribution in [0.1, 0.15) is 6.42 Å². The molecule has 0 amide bonds. The van der Waals surface area contributed by atoms with Gasteiger partial charge in [0.25, 0.3) is 0 Å². The highest BCUT2D eigenvalue weighted by atomic mass is 32.1. The molecule has 1 aliphatic heterocycles. The molecule has 6 nitrogen and oxygen atoms in total. The van der Waals surface area contributed by atoms with Crippen LogP contribution in [0.15, 0.2) is 10.8 Å². The van der Waals surface area contributed by atoms with Gasteiger partial charge in [-0.1, -0.05) is 0 Å². The Morgan fingerprint density at radius 1 is 1.50 bits per heavy atom. The zero-order chi connectivity index (χ0) is 15.0. The number of rotatable bonds is 5. The normalized spacial score (nSPS) is 23.1. The van der Waals surface area contributed by atoms with E-state index in [0.29, 0.717) is 23.3 Å². The van der Waals surface area contributed by atoms with Crippen molar-refractivity contribution in [2.24, 2.45) is 0 Å². The summed E-state index contributed by atoms with van der Waals surface area (Å²) in [5.41, 5.74) is 0. The molecule has 2 heterocycles. The van der Waals surface area contributed by atoms with E-state index in [0.717, 1.165) is 5.75 Å². The third kappa shape index (κ3) is 4.20. The summed E-state index contributed by atoms with van der Waals surface area (Å²) in [4.78, 5) is 20.3. The smallest absolute Gasteiger partial charge is 0.172 e. The molecule has 0 saturated heterocycles. The molecule has 2 rings (SSSR count). The number of fused-ring (bicyclic) bond motifs is 1. The van der Waals surface area contributed by atoms with E-state index in [1.165, 1.54) is 11.3 Å². The highest BCUT2D eigenvalue weighted by Gasteiger charge is 2.33. The summed E-state index contributed by atoms with van der Waals surface area (Å²) < 4.78 is 23.0. The molecule has 20 heavy (non-hydrogen) atoms. The van der Waals surface area contributed by atoms with Crippen LogP contribution in [-0.4, -0.2) is 55.4 Å². The van der Waals surface area contributed by atoms with Crippen LogP contribution in [0.4, 0.5) is 0 Å². The SMILES string of the molecule is C[N+](C)(C)C(CC1COc2cscc2O1)CP(=O)([O-])O. The zero-order valence-corrected chi connectivity index (χ0v) is 13.5. The molecule has 1 N–H and O–H groups in total. The fourth-order valence-corrected chi connectivity index (χ4v) is 4.03. The molecule has 0 spiro atoms. The Morgan fingerprint density at radius 2 is 2.15 bits per heavy atom. The first kappa shape index (κ1) is 15.8. The van der Waals surface area contributed by atoms with Crippen molar-refractivity contribution in [3.8, 4) is 11.5 Å². The van der Waals surface area contributed by atoms with Crippen LogP contribution in [0.2, 0.25) is 0 Å². The minimum absolute atomic E-state index is 0.203. The maximum absolute atomic E-state index is 11.2. The van der Waals surface area contributed by atoms with E-state index in [4.69, 9.17) is 14.4 Å². The average molecular weight is 321 g/mol. The maximum atomic E-state index is 11.2. The largest absolute Gasteiger partial charge is 0.778 e. The number of hydrogen-bond acceptors (Lipinski definition) is 5. The quantitative estimate of drug-likeness (QED) is 0.644. The Balaban J connectivity index is 2.04. The molecule has 8 heteroatoms. The summed E-state index contributed by atoms with van der Waals surface area (Å²) in [7, 11) is 1.41. The van der Waals surface area contributed by atoms with E-state index in [1.54, 1.807) is 0 Å². The Bertz CT molecular complexity index is 506.